The highest BCUT2D eigenvalue weighted by atomic mass is 16.5. The van der Waals surface area contributed by atoms with Gasteiger partial charge in [-0.3, -0.25) is 0 Å². The van der Waals surface area contributed by atoms with Gasteiger partial charge in [-0.25, -0.2) is 4.98 Å². The number of aliphatic hydroxyl groups excluding tert-OH is 1. The smallest absolute Gasteiger partial charge is 0.125 e. The average molecular weight is 292 g/mol. The number of fused-ring (bicyclic) bond motifs is 1. The molecule has 1 aliphatic rings. The second-order valence-corrected chi connectivity index (χ2v) is 5.45. The van der Waals surface area contributed by atoms with Crippen molar-refractivity contribution in [3.63, 3.8) is 0 Å². The van der Waals surface area contributed by atoms with Crippen LogP contribution in [0.2, 0.25) is 0 Å². The van der Waals surface area contributed by atoms with Crippen LogP contribution in [-0.4, -0.2) is 21.3 Å². The Morgan fingerprint density at radius 1 is 1.09 bits per heavy atom. The van der Waals surface area contributed by atoms with Crippen LogP contribution in [0.3, 0.4) is 0 Å². The average Bonchev–Trinajstić information content (AvgIpc) is 3.10. The molecule has 0 fully saturated rings. The van der Waals surface area contributed by atoms with Gasteiger partial charge in [-0.2, -0.15) is 0 Å². The fourth-order valence-electron chi connectivity index (χ4n) is 2.91. The van der Waals surface area contributed by atoms with Crippen molar-refractivity contribution < 1.29 is 9.84 Å². The topological polar surface area (TPSA) is 47.3 Å². The molecule has 2 atom stereocenters. The third kappa shape index (κ3) is 2.18. The second kappa shape index (κ2) is 5.31. The van der Waals surface area contributed by atoms with Crippen molar-refractivity contribution in [2.45, 2.75) is 12.1 Å². The fourth-order valence-corrected chi connectivity index (χ4v) is 2.91. The van der Waals surface area contributed by atoms with Gasteiger partial charge in [0.25, 0.3) is 0 Å². The van der Waals surface area contributed by atoms with Gasteiger partial charge in [0.15, 0.2) is 0 Å². The summed E-state index contributed by atoms with van der Waals surface area (Å²) in [5.74, 6) is 0.753. The van der Waals surface area contributed by atoms with E-state index in [2.05, 4.69) is 17.1 Å². The molecule has 4 nitrogen and oxygen atoms in total. The number of hydrogen-bond donors (Lipinski definition) is 1. The highest BCUT2D eigenvalue weighted by Gasteiger charge is 2.30. The van der Waals surface area contributed by atoms with E-state index in [1.54, 1.807) is 12.5 Å². The van der Waals surface area contributed by atoms with Crippen LogP contribution in [-0.2, 0) is 0 Å². The molecule has 2 unspecified atom stereocenters. The lowest BCUT2D eigenvalue weighted by molar-refractivity contribution is 0.0569. The van der Waals surface area contributed by atoms with E-state index in [0.29, 0.717) is 6.61 Å². The summed E-state index contributed by atoms with van der Waals surface area (Å²) < 4.78 is 7.70. The van der Waals surface area contributed by atoms with Crippen LogP contribution in [0.1, 0.15) is 17.7 Å². The van der Waals surface area contributed by atoms with E-state index in [1.165, 1.54) is 0 Å². The number of aliphatic hydroxyl groups is 1. The summed E-state index contributed by atoms with van der Waals surface area (Å²) >= 11 is 0. The largest absolute Gasteiger partial charge is 0.491 e. The number of benzene rings is 2. The zero-order valence-corrected chi connectivity index (χ0v) is 12.0. The summed E-state index contributed by atoms with van der Waals surface area (Å²) in [7, 11) is 0. The quantitative estimate of drug-likeness (QED) is 0.789. The van der Waals surface area contributed by atoms with Crippen LogP contribution in [0.5, 0.6) is 5.75 Å². The highest BCUT2D eigenvalue weighted by Crippen LogP contribution is 2.39. The maximum absolute atomic E-state index is 10.7. The second-order valence-electron chi connectivity index (χ2n) is 5.45. The lowest BCUT2D eigenvalue weighted by atomic mass is 9.95. The third-order valence-electron chi connectivity index (χ3n) is 4.12. The van der Waals surface area contributed by atoms with Gasteiger partial charge < -0.3 is 14.4 Å². The van der Waals surface area contributed by atoms with Gasteiger partial charge in [0.1, 0.15) is 18.5 Å². The van der Waals surface area contributed by atoms with E-state index in [-0.39, 0.29) is 6.04 Å². The molecule has 1 aromatic heterocycles. The molecular formula is C18H16N2O2. The summed E-state index contributed by atoms with van der Waals surface area (Å²) in [5, 5.41) is 10.7. The molecule has 22 heavy (non-hydrogen) atoms. The summed E-state index contributed by atoms with van der Waals surface area (Å²) in [6.07, 6.45) is 4.66. The Labute approximate surface area is 128 Å². The predicted molar refractivity (Wildman–Crippen MR) is 83.6 cm³/mol. The first kappa shape index (κ1) is 13.1. The van der Waals surface area contributed by atoms with E-state index in [9.17, 15) is 5.11 Å². The van der Waals surface area contributed by atoms with Crippen molar-refractivity contribution >= 4 is 0 Å². The monoisotopic (exact) mass is 292 g/mol. The zero-order valence-electron chi connectivity index (χ0n) is 12.0. The van der Waals surface area contributed by atoms with Gasteiger partial charge in [0.2, 0.25) is 0 Å². The van der Waals surface area contributed by atoms with E-state index in [0.717, 1.165) is 22.4 Å². The Morgan fingerprint density at radius 3 is 2.73 bits per heavy atom. The van der Waals surface area contributed by atoms with Crippen LogP contribution in [0.15, 0.2) is 67.3 Å². The van der Waals surface area contributed by atoms with E-state index in [1.807, 2.05) is 47.2 Å². The molecular weight excluding hydrogens is 276 g/mol. The fraction of sp³-hybridized carbons (Fsp3) is 0.167. The van der Waals surface area contributed by atoms with Crippen molar-refractivity contribution in [1.82, 2.24) is 9.55 Å². The summed E-state index contributed by atoms with van der Waals surface area (Å²) in [5.41, 5.74) is 3.03. The van der Waals surface area contributed by atoms with Crippen LogP contribution < -0.4 is 4.74 Å². The molecule has 2 aromatic carbocycles. The Kier molecular flexibility index (Phi) is 3.16. The van der Waals surface area contributed by atoms with Gasteiger partial charge in [0, 0.05) is 18.0 Å². The minimum atomic E-state index is -0.610. The minimum absolute atomic E-state index is 0.152. The summed E-state index contributed by atoms with van der Waals surface area (Å²) in [6, 6.07) is 16.0. The Bertz CT molecular complexity index is 769. The number of rotatable bonds is 2. The van der Waals surface area contributed by atoms with Gasteiger partial charge >= 0.3 is 0 Å². The molecule has 1 N–H and O–H groups in total. The number of nitrogens with zero attached hydrogens (tertiary/aromatic N) is 2. The molecule has 0 radical (unpaired) electrons. The van der Waals surface area contributed by atoms with Crippen molar-refractivity contribution in [2.75, 3.05) is 6.61 Å². The normalized spacial score (nSPS) is 20.2. The lowest BCUT2D eigenvalue weighted by Crippen LogP contribution is -2.28. The first-order valence-electron chi connectivity index (χ1n) is 7.30. The van der Waals surface area contributed by atoms with Crippen LogP contribution in [0, 0.1) is 0 Å². The van der Waals surface area contributed by atoms with Crippen LogP contribution in [0.4, 0.5) is 0 Å². The molecule has 0 bridgehead atoms. The molecule has 0 saturated carbocycles. The number of hydrogen-bond acceptors (Lipinski definition) is 3. The Balaban J connectivity index is 1.73. The third-order valence-corrected chi connectivity index (χ3v) is 4.12. The summed E-state index contributed by atoms with van der Waals surface area (Å²) in [6.45, 7) is 0.440. The summed E-state index contributed by atoms with van der Waals surface area (Å²) in [4.78, 5) is 4.05. The van der Waals surface area contributed by atoms with Gasteiger partial charge in [-0.05, 0) is 23.3 Å². The molecule has 110 valence electrons. The molecule has 1 aliphatic heterocycles. The van der Waals surface area contributed by atoms with Gasteiger partial charge in [0.05, 0.1) is 12.4 Å². The zero-order chi connectivity index (χ0) is 14.9. The maximum Gasteiger partial charge on any atom is 0.125 e. The van der Waals surface area contributed by atoms with Crippen molar-refractivity contribution in [1.29, 1.82) is 0 Å². The SMILES string of the molecule is OC1c2cc(-c3ccccc3)ccc2OCC1n1ccnc1. The maximum atomic E-state index is 10.7. The van der Waals surface area contributed by atoms with E-state index in [4.69, 9.17) is 4.74 Å². The van der Waals surface area contributed by atoms with Crippen LogP contribution >= 0.6 is 0 Å². The standard InChI is InChI=1S/C18H16N2O2/c21-18-15-10-14(13-4-2-1-3-5-13)6-7-17(15)22-11-16(18)20-9-8-19-12-20/h1-10,12,16,18,21H,11H2. The van der Waals surface area contributed by atoms with Gasteiger partial charge in [-0.15, -0.1) is 0 Å². The van der Waals surface area contributed by atoms with Crippen molar-refractivity contribution in [3.05, 3.63) is 72.8 Å². The molecule has 2 heterocycles. The first-order chi connectivity index (χ1) is 10.8. The molecule has 0 spiro atoms. The minimum Gasteiger partial charge on any atom is -0.491 e. The van der Waals surface area contributed by atoms with E-state index >= 15 is 0 Å². The molecule has 3 aromatic rings. The molecule has 0 amide bonds. The highest BCUT2D eigenvalue weighted by molar-refractivity contribution is 5.66. The van der Waals surface area contributed by atoms with Crippen LogP contribution in [0.25, 0.3) is 11.1 Å². The number of imidazole rings is 1. The Hall–Kier alpha value is -2.59. The molecule has 4 heteroatoms. The van der Waals surface area contributed by atoms with Crippen molar-refractivity contribution in [2.24, 2.45) is 0 Å². The molecule has 4 rings (SSSR count). The van der Waals surface area contributed by atoms with Crippen molar-refractivity contribution in [3.8, 4) is 16.9 Å². The number of ether oxygens (including phenoxy) is 1. The molecule has 0 saturated heterocycles. The predicted octanol–water partition coefficient (Wildman–Crippen LogP) is 3.22. The van der Waals surface area contributed by atoms with E-state index < -0.39 is 6.10 Å². The lowest BCUT2D eigenvalue weighted by Gasteiger charge is -2.31. The molecule has 0 aliphatic carbocycles. The van der Waals surface area contributed by atoms with Gasteiger partial charge in [-0.1, -0.05) is 36.4 Å². The number of aromatic nitrogens is 2. The Morgan fingerprint density at radius 2 is 1.95 bits per heavy atom. The first-order valence-corrected chi connectivity index (χ1v) is 7.30.